The largest absolute Gasteiger partial charge is 0.491 e. The number of allylic oxidation sites excluding steroid dienone is 1. The quantitative estimate of drug-likeness (QED) is 0.289. The zero-order valence-electron chi connectivity index (χ0n) is 23.4. The molecule has 0 aliphatic carbocycles. The number of para-hydroxylation sites is 1. The summed E-state index contributed by atoms with van der Waals surface area (Å²) in [7, 11) is 0. The van der Waals surface area contributed by atoms with Crippen molar-refractivity contribution in [2.24, 2.45) is 4.99 Å². The summed E-state index contributed by atoms with van der Waals surface area (Å²) >= 11 is 4.87. The molecule has 40 heavy (non-hydrogen) atoms. The molecule has 0 radical (unpaired) electrons. The Hall–Kier alpha value is -3.37. The highest BCUT2D eigenvalue weighted by Gasteiger charge is 2.35. The van der Waals surface area contributed by atoms with E-state index in [2.05, 4.69) is 20.9 Å². The van der Waals surface area contributed by atoms with Crippen LogP contribution in [0.4, 0.5) is 0 Å². The van der Waals surface area contributed by atoms with E-state index in [-0.39, 0.29) is 18.3 Å². The summed E-state index contributed by atoms with van der Waals surface area (Å²) in [5.41, 5.74) is 1.96. The summed E-state index contributed by atoms with van der Waals surface area (Å²) in [6, 6.07) is 10.4. The van der Waals surface area contributed by atoms with Crippen molar-refractivity contribution in [2.45, 2.75) is 53.7 Å². The summed E-state index contributed by atoms with van der Waals surface area (Å²) in [6.07, 6.45) is 1.69. The van der Waals surface area contributed by atoms with Crippen LogP contribution in [0.15, 0.2) is 61.9 Å². The molecular weight excluding hydrogens is 596 g/mol. The molecule has 0 spiro atoms. The SMILES string of the molecule is CCOC(=O)C1=C(C)N=c2s/c(=C/c3cc(OCC)c(OCC)cc3Br)c(=O)n2[C@H]1c1ccccc1OC(C)C. The van der Waals surface area contributed by atoms with Crippen LogP contribution in [0.1, 0.15) is 58.7 Å². The van der Waals surface area contributed by atoms with Crippen LogP contribution in [-0.2, 0) is 9.53 Å². The first-order valence-corrected chi connectivity index (χ1v) is 14.8. The summed E-state index contributed by atoms with van der Waals surface area (Å²) in [5.74, 6) is 1.28. The third-order valence-corrected chi connectivity index (χ3v) is 7.71. The molecule has 0 bridgehead atoms. The highest BCUT2D eigenvalue weighted by atomic mass is 79.9. The molecule has 0 amide bonds. The molecule has 2 aromatic carbocycles. The third-order valence-electron chi connectivity index (χ3n) is 6.04. The fourth-order valence-corrected chi connectivity index (χ4v) is 5.97. The van der Waals surface area contributed by atoms with Gasteiger partial charge < -0.3 is 18.9 Å². The second kappa shape index (κ2) is 12.9. The first-order chi connectivity index (χ1) is 19.2. The normalized spacial score (nSPS) is 15.1. The molecule has 3 aromatic rings. The van der Waals surface area contributed by atoms with Gasteiger partial charge in [-0.3, -0.25) is 9.36 Å². The number of thiazole rings is 1. The molecule has 2 heterocycles. The van der Waals surface area contributed by atoms with Crippen LogP contribution in [0.5, 0.6) is 17.2 Å². The number of nitrogens with zero attached hydrogens (tertiary/aromatic N) is 2. The van der Waals surface area contributed by atoms with Gasteiger partial charge in [-0.2, -0.15) is 0 Å². The molecule has 1 atom stereocenters. The van der Waals surface area contributed by atoms with Gasteiger partial charge in [0, 0.05) is 10.0 Å². The Morgan fingerprint density at radius 2 is 1.75 bits per heavy atom. The van der Waals surface area contributed by atoms with Crippen LogP contribution in [0.3, 0.4) is 0 Å². The maximum Gasteiger partial charge on any atom is 0.338 e. The average Bonchev–Trinajstić information content (AvgIpc) is 3.20. The number of carbonyl (C=O) groups is 1. The van der Waals surface area contributed by atoms with E-state index >= 15 is 0 Å². The number of benzene rings is 2. The second-order valence-electron chi connectivity index (χ2n) is 9.19. The molecular formula is C30H33BrN2O6S. The molecule has 1 aliphatic rings. The molecule has 0 N–H and O–H groups in total. The predicted molar refractivity (Wildman–Crippen MR) is 159 cm³/mol. The van der Waals surface area contributed by atoms with Gasteiger partial charge in [-0.1, -0.05) is 45.5 Å². The molecule has 10 heteroatoms. The van der Waals surface area contributed by atoms with E-state index in [1.165, 1.54) is 11.3 Å². The van der Waals surface area contributed by atoms with Gasteiger partial charge >= 0.3 is 5.97 Å². The van der Waals surface area contributed by atoms with Crippen molar-refractivity contribution < 1.29 is 23.7 Å². The number of esters is 1. The van der Waals surface area contributed by atoms with Crippen molar-refractivity contribution in [1.82, 2.24) is 4.57 Å². The Kier molecular flexibility index (Phi) is 9.52. The average molecular weight is 630 g/mol. The molecule has 1 aliphatic heterocycles. The van der Waals surface area contributed by atoms with Crippen molar-refractivity contribution in [3.8, 4) is 17.2 Å². The minimum atomic E-state index is -0.768. The van der Waals surface area contributed by atoms with E-state index in [1.807, 2.05) is 64.1 Å². The molecule has 212 valence electrons. The smallest absolute Gasteiger partial charge is 0.338 e. The lowest BCUT2D eigenvalue weighted by molar-refractivity contribution is -0.139. The van der Waals surface area contributed by atoms with Gasteiger partial charge in [-0.05, 0) is 71.4 Å². The summed E-state index contributed by atoms with van der Waals surface area (Å²) < 4.78 is 25.8. The van der Waals surface area contributed by atoms with Crippen molar-refractivity contribution in [3.05, 3.63) is 83.0 Å². The predicted octanol–water partition coefficient (Wildman–Crippen LogP) is 5.15. The van der Waals surface area contributed by atoms with Crippen molar-refractivity contribution in [2.75, 3.05) is 19.8 Å². The number of carbonyl (C=O) groups excluding carboxylic acids is 1. The first kappa shape index (κ1) is 29.6. The standard InChI is InChI=1S/C30H33BrN2O6S/c1-7-36-23-14-19(21(31)16-24(23)37-8-2)15-25-28(34)33-27(20-12-10-11-13-22(20)39-17(4)5)26(29(35)38-9-3)18(6)32-30(33)40-25/h10-17,27H,7-9H2,1-6H3/b25-15+/t27-/m0/s1. The number of fused-ring (bicyclic) bond motifs is 1. The van der Waals surface area contributed by atoms with Gasteiger partial charge in [0.25, 0.3) is 5.56 Å². The van der Waals surface area contributed by atoms with Crippen LogP contribution in [0.25, 0.3) is 6.08 Å². The Morgan fingerprint density at radius 3 is 2.40 bits per heavy atom. The van der Waals surface area contributed by atoms with E-state index in [1.54, 1.807) is 24.5 Å². The highest BCUT2D eigenvalue weighted by molar-refractivity contribution is 9.10. The third kappa shape index (κ3) is 6.02. The van der Waals surface area contributed by atoms with Crippen LogP contribution < -0.4 is 29.1 Å². The van der Waals surface area contributed by atoms with E-state index in [4.69, 9.17) is 18.9 Å². The van der Waals surface area contributed by atoms with E-state index < -0.39 is 12.0 Å². The molecule has 8 nitrogen and oxygen atoms in total. The maximum absolute atomic E-state index is 14.1. The van der Waals surface area contributed by atoms with Crippen molar-refractivity contribution in [3.63, 3.8) is 0 Å². The first-order valence-electron chi connectivity index (χ1n) is 13.2. The number of halogens is 1. The zero-order chi connectivity index (χ0) is 29.0. The van der Waals surface area contributed by atoms with Gasteiger partial charge in [0.05, 0.1) is 41.7 Å². The molecule has 0 unspecified atom stereocenters. The Morgan fingerprint density at radius 1 is 1.07 bits per heavy atom. The number of rotatable bonds is 10. The van der Waals surface area contributed by atoms with Crippen LogP contribution in [0.2, 0.25) is 0 Å². The van der Waals surface area contributed by atoms with Crippen molar-refractivity contribution in [1.29, 1.82) is 0 Å². The van der Waals surface area contributed by atoms with Gasteiger partial charge in [0.2, 0.25) is 0 Å². The molecule has 4 rings (SSSR count). The highest BCUT2D eigenvalue weighted by Crippen LogP contribution is 2.37. The number of hydrogen-bond acceptors (Lipinski definition) is 8. The van der Waals surface area contributed by atoms with Gasteiger partial charge in [0.1, 0.15) is 11.8 Å². The van der Waals surface area contributed by atoms with E-state index in [0.29, 0.717) is 56.6 Å². The van der Waals surface area contributed by atoms with Gasteiger partial charge in [-0.25, -0.2) is 9.79 Å². The lowest BCUT2D eigenvalue weighted by Crippen LogP contribution is -2.40. The number of ether oxygens (including phenoxy) is 4. The summed E-state index contributed by atoms with van der Waals surface area (Å²) in [6.45, 7) is 12.3. The molecule has 0 saturated heterocycles. The fraction of sp³-hybridized carbons (Fsp3) is 0.367. The number of aromatic nitrogens is 1. The van der Waals surface area contributed by atoms with E-state index in [0.717, 1.165) is 10.0 Å². The van der Waals surface area contributed by atoms with E-state index in [9.17, 15) is 9.59 Å². The van der Waals surface area contributed by atoms with Crippen LogP contribution in [0, 0.1) is 0 Å². The monoisotopic (exact) mass is 628 g/mol. The molecule has 0 saturated carbocycles. The Labute approximate surface area is 245 Å². The zero-order valence-corrected chi connectivity index (χ0v) is 25.9. The summed E-state index contributed by atoms with van der Waals surface area (Å²) in [5, 5.41) is 0. The molecule has 1 aromatic heterocycles. The lowest BCUT2D eigenvalue weighted by Gasteiger charge is -2.26. The van der Waals surface area contributed by atoms with Crippen LogP contribution in [-0.4, -0.2) is 36.5 Å². The van der Waals surface area contributed by atoms with Gasteiger partial charge in [0.15, 0.2) is 16.3 Å². The minimum absolute atomic E-state index is 0.107. The number of hydrogen-bond donors (Lipinski definition) is 0. The minimum Gasteiger partial charge on any atom is -0.491 e. The Balaban J connectivity index is 1.96. The Bertz CT molecular complexity index is 1620. The van der Waals surface area contributed by atoms with Gasteiger partial charge in [-0.15, -0.1) is 0 Å². The van der Waals surface area contributed by atoms with Crippen LogP contribution >= 0.6 is 27.3 Å². The fourth-order valence-electron chi connectivity index (χ4n) is 4.49. The maximum atomic E-state index is 14.1. The topological polar surface area (TPSA) is 88.4 Å². The van der Waals surface area contributed by atoms with Crippen molar-refractivity contribution >= 4 is 39.3 Å². The molecule has 0 fully saturated rings. The summed E-state index contributed by atoms with van der Waals surface area (Å²) in [4.78, 5) is 32.5. The lowest BCUT2D eigenvalue weighted by atomic mass is 9.95. The second-order valence-corrected chi connectivity index (χ2v) is 11.1.